The molecule has 0 radical (unpaired) electrons. The third-order valence-electron chi connectivity index (χ3n) is 5.45. The van der Waals surface area contributed by atoms with Gasteiger partial charge in [-0.05, 0) is 49.7 Å². The largest absolute Gasteiger partial charge is 0.332 e. The lowest BCUT2D eigenvalue weighted by molar-refractivity contribution is -0.138. The van der Waals surface area contributed by atoms with E-state index in [9.17, 15) is 13.2 Å². The van der Waals surface area contributed by atoms with E-state index in [1.807, 2.05) is 6.07 Å². The molecule has 0 bridgehead atoms. The predicted octanol–water partition coefficient (Wildman–Crippen LogP) is 2.49. The van der Waals surface area contributed by atoms with Crippen LogP contribution in [0.15, 0.2) is 24.3 Å². The van der Waals surface area contributed by atoms with E-state index in [0.717, 1.165) is 32.1 Å². The average molecular weight is 333 g/mol. The molecule has 1 aliphatic heterocycles. The highest BCUT2D eigenvalue weighted by Crippen LogP contribution is 2.42. The molecular formula is C18H23NO3S. The van der Waals surface area contributed by atoms with Crippen molar-refractivity contribution in [3.05, 3.63) is 35.4 Å². The van der Waals surface area contributed by atoms with Gasteiger partial charge >= 0.3 is 0 Å². The lowest BCUT2D eigenvalue weighted by Gasteiger charge is -2.37. The second-order valence-electron chi connectivity index (χ2n) is 7.18. The highest BCUT2D eigenvalue weighted by molar-refractivity contribution is 7.91. The van der Waals surface area contributed by atoms with Crippen LogP contribution < -0.4 is 0 Å². The average Bonchev–Trinajstić information content (AvgIpc) is 3.30. The van der Waals surface area contributed by atoms with Crippen molar-refractivity contribution in [2.75, 3.05) is 11.5 Å². The maximum absolute atomic E-state index is 13.1. The van der Waals surface area contributed by atoms with E-state index in [1.54, 1.807) is 0 Å². The van der Waals surface area contributed by atoms with Gasteiger partial charge in [0.1, 0.15) is 0 Å². The summed E-state index contributed by atoms with van der Waals surface area (Å²) in [5, 5.41) is 0. The molecule has 124 valence electrons. The van der Waals surface area contributed by atoms with Gasteiger partial charge in [-0.3, -0.25) is 4.79 Å². The minimum atomic E-state index is -3.02. The fourth-order valence-electron chi connectivity index (χ4n) is 4.16. The number of hydrogen-bond acceptors (Lipinski definition) is 3. The molecule has 1 aromatic carbocycles. The van der Waals surface area contributed by atoms with Gasteiger partial charge in [-0.15, -0.1) is 0 Å². The molecule has 0 aromatic heterocycles. The van der Waals surface area contributed by atoms with E-state index in [4.69, 9.17) is 0 Å². The molecule has 1 heterocycles. The van der Waals surface area contributed by atoms with Gasteiger partial charge in [0, 0.05) is 6.04 Å². The molecule has 2 aliphatic carbocycles. The Morgan fingerprint density at radius 2 is 1.87 bits per heavy atom. The number of fused-ring (bicyclic) bond motifs is 1. The minimum Gasteiger partial charge on any atom is -0.332 e. The van der Waals surface area contributed by atoms with Crippen molar-refractivity contribution in [3.8, 4) is 0 Å². The van der Waals surface area contributed by atoms with E-state index < -0.39 is 9.84 Å². The van der Waals surface area contributed by atoms with Crippen LogP contribution in [0.5, 0.6) is 0 Å². The second-order valence-corrected chi connectivity index (χ2v) is 9.41. The van der Waals surface area contributed by atoms with Crippen LogP contribution in [0.3, 0.4) is 0 Å². The Morgan fingerprint density at radius 1 is 1.09 bits per heavy atom. The van der Waals surface area contributed by atoms with Crippen molar-refractivity contribution in [2.45, 2.75) is 50.6 Å². The Hall–Kier alpha value is -1.36. The van der Waals surface area contributed by atoms with Gasteiger partial charge in [0.2, 0.25) is 5.91 Å². The third-order valence-corrected chi connectivity index (χ3v) is 7.22. The standard InChI is InChI=1S/C18H23NO3S/c20-18(14-10-11-23(21,22)12-14)19(15-8-9-15)17-7-3-5-13-4-1-2-6-16(13)17/h1-2,4,6,14-15,17H,3,5,7-12H2. The van der Waals surface area contributed by atoms with Gasteiger partial charge in [0.25, 0.3) is 0 Å². The topological polar surface area (TPSA) is 54.5 Å². The van der Waals surface area contributed by atoms with Crippen molar-refractivity contribution in [1.29, 1.82) is 0 Å². The molecule has 0 N–H and O–H groups in total. The van der Waals surface area contributed by atoms with Crippen LogP contribution in [-0.2, 0) is 21.1 Å². The molecule has 1 saturated carbocycles. The summed E-state index contributed by atoms with van der Waals surface area (Å²) < 4.78 is 23.5. The Bertz CT molecular complexity index is 724. The normalized spacial score (nSPS) is 29.0. The molecule has 4 rings (SSSR count). The van der Waals surface area contributed by atoms with Crippen LogP contribution in [0.1, 0.15) is 49.3 Å². The number of benzene rings is 1. The Kier molecular flexibility index (Phi) is 3.71. The zero-order valence-electron chi connectivity index (χ0n) is 13.3. The number of sulfone groups is 1. The first kappa shape index (κ1) is 15.2. The third kappa shape index (κ3) is 2.91. The summed E-state index contributed by atoms with van der Waals surface area (Å²) >= 11 is 0. The monoisotopic (exact) mass is 333 g/mol. The summed E-state index contributed by atoms with van der Waals surface area (Å²) in [6, 6.07) is 8.88. The number of amides is 1. The van der Waals surface area contributed by atoms with Crippen molar-refractivity contribution < 1.29 is 13.2 Å². The molecule has 1 saturated heterocycles. The maximum Gasteiger partial charge on any atom is 0.227 e. The zero-order chi connectivity index (χ0) is 16.0. The molecule has 2 unspecified atom stereocenters. The number of carbonyl (C=O) groups is 1. The Labute approximate surface area is 137 Å². The molecular weight excluding hydrogens is 310 g/mol. The summed E-state index contributed by atoms with van der Waals surface area (Å²) in [7, 11) is -3.02. The number of aryl methyl sites for hydroxylation is 1. The van der Waals surface area contributed by atoms with E-state index in [1.165, 1.54) is 11.1 Å². The van der Waals surface area contributed by atoms with Gasteiger partial charge < -0.3 is 4.90 Å². The number of nitrogens with zero attached hydrogens (tertiary/aromatic N) is 1. The quantitative estimate of drug-likeness (QED) is 0.854. The number of rotatable bonds is 3. The van der Waals surface area contributed by atoms with Gasteiger partial charge in [0.05, 0.1) is 23.5 Å². The first-order valence-corrected chi connectivity index (χ1v) is 10.5. The van der Waals surface area contributed by atoms with E-state index in [2.05, 4.69) is 23.1 Å². The predicted molar refractivity (Wildman–Crippen MR) is 88.7 cm³/mol. The van der Waals surface area contributed by atoms with Gasteiger partial charge in [-0.2, -0.15) is 0 Å². The van der Waals surface area contributed by atoms with Crippen molar-refractivity contribution in [2.24, 2.45) is 5.92 Å². The number of carbonyl (C=O) groups excluding carboxylic acids is 1. The highest BCUT2D eigenvalue weighted by Gasteiger charge is 2.44. The van der Waals surface area contributed by atoms with Crippen LogP contribution in [0.25, 0.3) is 0 Å². The molecule has 23 heavy (non-hydrogen) atoms. The summed E-state index contributed by atoms with van der Waals surface area (Å²) in [4.78, 5) is 15.1. The van der Waals surface area contributed by atoms with Crippen LogP contribution in [0.4, 0.5) is 0 Å². The summed E-state index contributed by atoms with van der Waals surface area (Å²) in [6.45, 7) is 0. The second kappa shape index (κ2) is 5.62. The van der Waals surface area contributed by atoms with Gasteiger partial charge in [-0.25, -0.2) is 8.42 Å². The first-order valence-electron chi connectivity index (χ1n) is 8.65. The van der Waals surface area contributed by atoms with Crippen LogP contribution in [0.2, 0.25) is 0 Å². The smallest absolute Gasteiger partial charge is 0.227 e. The van der Waals surface area contributed by atoms with Crippen LogP contribution in [0, 0.1) is 5.92 Å². The molecule has 5 heteroatoms. The molecule has 1 amide bonds. The lowest BCUT2D eigenvalue weighted by atomic mass is 9.86. The fourth-order valence-corrected chi connectivity index (χ4v) is 5.89. The highest BCUT2D eigenvalue weighted by atomic mass is 32.2. The van der Waals surface area contributed by atoms with Gasteiger partial charge in [-0.1, -0.05) is 24.3 Å². The Balaban J connectivity index is 1.63. The Morgan fingerprint density at radius 3 is 2.57 bits per heavy atom. The van der Waals surface area contributed by atoms with E-state index >= 15 is 0 Å². The molecule has 3 aliphatic rings. The molecule has 4 nitrogen and oxygen atoms in total. The van der Waals surface area contributed by atoms with E-state index in [0.29, 0.717) is 12.5 Å². The van der Waals surface area contributed by atoms with Crippen molar-refractivity contribution in [3.63, 3.8) is 0 Å². The number of hydrogen-bond donors (Lipinski definition) is 0. The summed E-state index contributed by atoms with van der Waals surface area (Å²) in [6.07, 6.45) is 5.80. The van der Waals surface area contributed by atoms with E-state index in [-0.39, 0.29) is 29.4 Å². The zero-order valence-corrected chi connectivity index (χ0v) is 14.1. The minimum absolute atomic E-state index is 0.0451. The van der Waals surface area contributed by atoms with Crippen molar-refractivity contribution >= 4 is 15.7 Å². The van der Waals surface area contributed by atoms with Crippen LogP contribution >= 0.6 is 0 Å². The fraction of sp³-hybridized carbons (Fsp3) is 0.611. The van der Waals surface area contributed by atoms with Crippen LogP contribution in [-0.4, -0.2) is 36.8 Å². The molecule has 2 fully saturated rings. The van der Waals surface area contributed by atoms with Crippen molar-refractivity contribution in [1.82, 2.24) is 4.90 Å². The first-order chi connectivity index (χ1) is 11.1. The summed E-state index contributed by atoms with van der Waals surface area (Å²) in [5.41, 5.74) is 2.63. The van der Waals surface area contributed by atoms with Gasteiger partial charge in [0.15, 0.2) is 9.84 Å². The lowest BCUT2D eigenvalue weighted by Crippen LogP contribution is -2.42. The molecule has 0 spiro atoms. The SMILES string of the molecule is O=C(C1CCS(=O)(=O)C1)N(C1CC1)C1CCCc2ccccc21. The molecule has 1 aromatic rings. The maximum atomic E-state index is 13.1. The molecule has 2 atom stereocenters. The summed E-state index contributed by atoms with van der Waals surface area (Å²) in [5.74, 6) is -0.0305.